The monoisotopic (exact) mass is 462 g/mol. The first kappa shape index (κ1) is 22.1. The van der Waals surface area contributed by atoms with E-state index in [4.69, 9.17) is 9.72 Å². The Bertz CT molecular complexity index is 1310. The maximum Gasteiger partial charge on any atom is 0.410 e. The highest BCUT2D eigenvalue weighted by molar-refractivity contribution is 5.82. The molecule has 0 aliphatic carbocycles. The lowest BCUT2D eigenvalue weighted by Gasteiger charge is -2.35. The van der Waals surface area contributed by atoms with E-state index in [-0.39, 0.29) is 18.2 Å². The molecule has 1 unspecified atom stereocenters. The van der Waals surface area contributed by atoms with E-state index in [0.29, 0.717) is 24.6 Å². The Balaban J connectivity index is 1.41. The highest BCUT2D eigenvalue weighted by Crippen LogP contribution is 2.33. The summed E-state index contributed by atoms with van der Waals surface area (Å²) in [4.78, 5) is 35.3. The van der Waals surface area contributed by atoms with Crippen LogP contribution in [-0.2, 0) is 4.74 Å². The van der Waals surface area contributed by atoms with Gasteiger partial charge in [0.1, 0.15) is 23.3 Å². The largest absolute Gasteiger partial charge is 0.444 e. The fraction of sp³-hybridized carbons (Fsp3) is 0.458. The summed E-state index contributed by atoms with van der Waals surface area (Å²) in [5.74, 6) is 1.62. The Labute approximate surface area is 197 Å². The van der Waals surface area contributed by atoms with Gasteiger partial charge in [0.2, 0.25) is 0 Å². The van der Waals surface area contributed by atoms with E-state index < -0.39 is 5.60 Å². The maximum absolute atomic E-state index is 12.5. The van der Waals surface area contributed by atoms with E-state index in [0.717, 1.165) is 35.2 Å². The molecule has 4 aromatic rings. The van der Waals surface area contributed by atoms with Crippen LogP contribution < -0.4 is 5.32 Å². The van der Waals surface area contributed by atoms with E-state index in [1.807, 2.05) is 39.0 Å². The lowest BCUT2D eigenvalue weighted by molar-refractivity contribution is 0.0189. The Morgan fingerprint density at radius 3 is 2.71 bits per heavy atom. The predicted molar refractivity (Wildman–Crippen MR) is 130 cm³/mol. The third kappa shape index (κ3) is 4.27. The third-order valence-electron chi connectivity index (χ3n) is 6.07. The van der Waals surface area contributed by atoms with Crippen molar-refractivity contribution < 1.29 is 9.53 Å². The van der Waals surface area contributed by atoms with Crippen molar-refractivity contribution in [2.24, 2.45) is 0 Å². The quantitative estimate of drug-likeness (QED) is 0.461. The average Bonchev–Trinajstić information content (AvgIpc) is 3.43. The molecule has 5 rings (SSSR count). The van der Waals surface area contributed by atoms with Gasteiger partial charge in [-0.15, -0.1) is 0 Å². The summed E-state index contributed by atoms with van der Waals surface area (Å²) >= 11 is 0. The second-order valence-corrected chi connectivity index (χ2v) is 9.72. The molecule has 1 aromatic carbocycles. The van der Waals surface area contributed by atoms with Crippen molar-refractivity contribution in [1.29, 1.82) is 0 Å². The molecule has 1 aliphatic heterocycles. The van der Waals surface area contributed by atoms with Gasteiger partial charge in [0, 0.05) is 19.1 Å². The van der Waals surface area contributed by atoms with Gasteiger partial charge in [0.25, 0.3) is 0 Å². The number of H-pyrrole nitrogens is 1. The summed E-state index contributed by atoms with van der Waals surface area (Å²) < 4.78 is 7.89. The van der Waals surface area contributed by atoms with Crippen LogP contribution in [0.15, 0.2) is 36.9 Å². The fourth-order valence-electron chi connectivity index (χ4n) is 4.53. The van der Waals surface area contributed by atoms with Crippen molar-refractivity contribution in [2.45, 2.75) is 58.2 Å². The van der Waals surface area contributed by atoms with Crippen LogP contribution >= 0.6 is 0 Å². The smallest absolute Gasteiger partial charge is 0.410 e. The summed E-state index contributed by atoms with van der Waals surface area (Å²) in [7, 11) is 0. The second kappa shape index (κ2) is 8.58. The zero-order valence-corrected chi connectivity index (χ0v) is 19.9. The molecular formula is C24H30N8O2. The Morgan fingerprint density at radius 1 is 1.18 bits per heavy atom. The predicted octanol–water partition coefficient (Wildman–Crippen LogP) is 4.45. The van der Waals surface area contributed by atoms with Gasteiger partial charge >= 0.3 is 6.09 Å². The van der Waals surface area contributed by atoms with Crippen molar-refractivity contribution in [2.75, 3.05) is 18.4 Å². The molecule has 1 fully saturated rings. The van der Waals surface area contributed by atoms with Crippen molar-refractivity contribution in [3.05, 3.63) is 42.7 Å². The minimum absolute atomic E-state index is 0.113. The van der Waals surface area contributed by atoms with Gasteiger partial charge in [-0.05, 0) is 52.7 Å². The number of imidazole rings is 2. The third-order valence-corrected chi connectivity index (χ3v) is 6.07. The van der Waals surface area contributed by atoms with Gasteiger partial charge < -0.3 is 24.5 Å². The number of para-hydroxylation sites is 2. The van der Waals surface area contributed by atoms with E-state index in [2.05, 4.69) is 42.8 Å². The normalized spacial score (nSPS) is 16.2. The Hall–Kier alpha value is -3.69. The van der Waals surface area contributed by atoms with Crippen LogP contribution in [-0.4, -0.2) is 59.2 Å². The molecule has 0 bridgehead atoms. The lowest BCUT2D eigenvalue weighted by atomic mass is 10.0. The van der Waals surface area contributed by atoms with Crippen LogP contribution in [0.1, 0.15) is 58.4 Å². The van der Waals surface area contributed by atoms with Crippen LogP contribution in [0, 0.1) is 0 Å². The number of carbonyl (C=O) groups excluding carboxylic acids is 1. The number of nitrogens with zero attached hydrogens (tertiary/aromatic N) is 6. The summed E-state index contributed by atoms with van der Waals surface area (Å²) in [6.45, 7) is 9.06. The van der Waals surface area contributed by atoms with Crippen molar-refractivity contribution in [3.63, 3.8) is 0 Å². The number of hydrogen-bond acceptors (Lipinski definition) is 7. The van der Waals surface area contributed by atoms with Gasteiger partial charge in [0.15, 0.2) is 11.5 Å². The van der Waals surface area contributed by atoms with Gasteiger partial charge in [0.05, 0.1) is 23.4 Å². The van der Waals surface area contributed by atoms with Crippen molar-refractivity contribution >= 4 is 34.1 Å². The van der Waals surface area contributed by atoms with Gasteiger partial charge in [-0.25, -0.2) is 24.7 Å². The first-order valence-corrected chi connectivity index (χ1v) is 11.7. The molecule has 1 amide bonds. The molecule has 10 nitrogen and oxygen atoms in total. The topological polar surface area (TPSA) is 114 Å². The number of fused-ring (bicyclic) bond motifs is 2. The van der Waals surface area contributed by atoms with Crippen LogP contribution in [0.4, 0.5) is 10.6 Å². The molecule has 1 atom stereocenters. The molecule has 4 heterocycles. The van der Waals surface area contributed by atoms with Crippen molar-refractivity contribution in [1.82, 2.24) is 34.4 Å². The van der Waals surface area contributed by atoms with E-state index in [1.54, 1.807) is 11.2 Å². The first-order valence-electron chi connectivity index (χ1n) is 11.7. The van der Waals surface area contributed by atoms with Crippen LogP contribution in [0.3, 0.4) is 0 Å². The SMILES string of the molecule is CC(Nc1ncnc2nc[nH]c12)c1nc2ccccc2n1C1CCN(C(=O)OC(C)(C)C)CC1. The Morgan fingerprint density at radius 2 is 1.94 bits per heavy atom. The first-order chi connectivity index (χ1) is 16.3. The lowest BCUT2D eigenvalue weighted by Crippen LogP contribution is -2.42. The Kier molecular flexibility index (Phi) is 5.59. The number of hydrogen-bond donors (Lipinski definition) is 2. The minimum atomic E-state index is -0.496. The molecule has 0 saturated carbocycles. The molecule has 1 aliphatic rings. The molecule has 1 saturated heterocycles. The number of aromatic nitrogens is 6. The molecular weight excluding hydrogens is 432 g/mol. The maximum atomic E-state index is 12.5. The van der Waals surface area contributed by atoms with Crippen LogP contribution in [0.5, 0.6) is 0 Å². The molecule has 0 radical (unpaired) electrons. The van der Waals surface area contributed by atoms with E-state index >= 15 is 0 Å². The van der Waals surface area contributed by atoms with Gasteiger partial charge in [-0.2, -0.15) is 0 Å². The average molecular weight is 463 g/mol. The number of likely N-dealkylation sites (tertiary alicyclic amines) is 1. The summed E-state index contributed by atoms with van der Waals surface area (Å²) in [6, 6.07) is 8.30. The summed E-state index contributed by atoms with van der Waals surface area (Å²) in [5, 5.41) is 3.49. The molecule has 178 valence electrons. The number of aromatic amines is 1. The number of benzene rings is 1. The minimum Gasteiger partial charge on any atom is -0.444 e. The molecule has 3 aromatic heterocycles. The summed E-state index contributed by atoms with van der Waals surface area (Å²) in [6.07, 6.45) is 4.54. The van der Waals surface area contributed by atoms with Crippen LogP contribution in [0.2, 0.25) is 0 Å². The molecule has 0 spiro atoms. The highest BCUT2D eigenvalue weighted by atomic mass is 16.6. The number of nitrogens with one attached hydrogen (secondary N) is 2. The van der Waals surface area contributed by atoms with E-state index in [9.17, 15) is 4.79 Å². The summed E-state index contributed by atoms with van der Waals surface area (Å²) in [5.41, 5.74) is 2.94. The molecule has 10 heteroatoms. The number of amides is 1. The number of ether oxygens (including phenoxy) is 1. The molecule has 34 heavy (non-hydrogen) atoms. The van der Waals surface area contributed by atoms with Gasteiger partial charge in [-0.1, -0.05) is 12.1 Å². The molecule has 2 N–H and O–H groups in total. The van der Waals surface area contributed by atoms with Crippen molar-refractivity contribution in [3.8, 4) is 0 Å². The van der Waals surface area contributed by atoms with Crippen LogP contribution in [0.25, 0.3) is 22.2 Å². The number of piperidine rings is 1. The van der Waals surface area contributed by atoms with Gasteiger partial charge in [-0.3, -0.25) is 0 Å². The highest BCUT2D eigenvalue weighted by Gasteiger charge is 2.30. The fourth-order valence-corrected chi connectivity index (χ4v) is 4.53. The number of anilines is 1. The number of rotatable bonds is 4. The standard InChI is InChI=1S/C24H30N8O2/c1-15(29-21-19-20(26-13-25-19)27-14-28-21)22-30-17-7-5-6-8-18(17)32(22)16-9-11-31(12-10-16)23(33)34-24(2,3)4/h5-8,13-16H,9-12H2,1-4H3,(H2,25,26,27,28,29). The second-order valence-electron chi connectivity index (χ2n) is 9.72. The zero-order valence-electron chi connectivity index (χ0n) is 19.9. The zero-order chi connectivity index (χ0) is 23.9. The number of carbonyl (C=O) groups is 1. The van der Waals surface area contributed by atoms with E-state index in [1.165, 1.54) is 6.33 Å².